The molecule has 1 heterocycles. The topological polar surface area (TPSA) is 33.7 Å². The van der Waals surface area contributed by atoms with E-state index in [0.717, 1.165) is 43.3 Å². The number of anilines is 2. The van der Waals surface area contributed by atoms with Gasteiger partial charge in [0.2, 0.25) is 0 Å². The Labute approximate surface area is 183 Å². The van der Waals surface area contributed by atoms with Crippen molar-refractivity contribution in [2.45, 2.75) is 20.1 Å². The van der Waals surface area contributed by atoms with E-state index in [1.54, 1.807) is 0 Å². The Morgan fingerprint density at radius 1 is 0.967 bits per heavy atom. The molecule has 1 saturated heterocycles. The fourth-order valence-electron chi connectivity index (χ4n) is 3.56. The van der Waals surface area contributed by atoms with E-state index >= 15 is 0 Å². The first-order chi connectivity index (χ1) is 14.7. The summed E-state index contributed by atoms with van der Waals surface area (Å²) >= 11 is 6.25. The van der Waals surface area contributed by atoms with Crippen LogP contribution in [0.1, 0.15) is 16.7 Å². The van der Waals surface area contributed by atoms with Gasteiger partial charge in [0.15, 0.2) is 0 Å². The molecular formula is C25H27ClN2O2. The van der Waals surface area contributed by atoms with Crippen LogP contribution in [0.5, 0.6) is 5.75 Å². The number of rotatable bonds is 7. The maximum atomic E-state index is 6.25. The van der Waals surface area contributed by atoms with Gasteiger partial charge in [-0.2, -0.15) is 0 Å². The van der Waals surface area contributed by atoms with Crippen molar-refractivity contribution in [2.24, 2.45) is 0 Å². The number of aryl methyl sites for hydroxylation is 1. The highest BCUT2D eigenvalue weighted by atomic mass is 35.5. The summed E-state index contributed by atoms with van der Waals surface area (Å²) in [7, 11) is 0. The number of hydrogen-bond acceptors (Lipinski definition) is 4. The third-order valence-electron chi connectivity index (χ3n) is 5.39. The van der Waals surface area contributed by atoms with E-state index in [9.17, 15) is 0 Å². The first-order valence-electron chi connectivity index (χ1n) is 10.3. The van der Waals surface area contributed by atoms with Crippen LogP contribution in [0.2, 0.25) is 5.02 Å². The van der Waals surface area contributed by atoms with Gasteiger partial charge in [-0.1, -0.05) is 35.9 Å². The average Bonchev–Trinajstić information content (AvgIpc) is 2.79. The van der Waals surface area contributed by atoms with E-state index < -0.39 is 0 Å². The second kappa shape index (κ2) is 9.88. The highest BCUT2D eigenvalue weighted by Crippen LogP contribution is 2.26. The molecule has 3 aromatic rings. The molecule has 30 heavy (non-hydrogen) atoms. The maximum Gasteiger partial charge on any atom is 0.124 e. The summed E-state index contributed by atoms with van der Waals surface area (Å²) in [5.74, 6) is 0.847. The van der Waals surface area contributed by atoms with Crippen LogP contribution in [0, 0.1) is 6.92 Å². The molecule has 4 rings (SSSR count). The summed E-state index contributed by atoms with van der Waals surface area (Å²) < 4.78 is 11.6. The van der Waals surface area contributed by atoms with Crippen LogP contribution in [0.3, 0.4) is 0 Å². The predicted molar refractivity (Wildman–Crippen MR) is 124 cm³/mol. The molecule has 0 spiro atoms. The Morgan fingerprint density at radius 3 is 2.50 bits per heavy atom. The van der Waals surface area contributed by atoms with Gasteiger partial charge >= 0.3 is 0 Å². The van der Waals surface area contributed by atoms with Gasteiger partial charge in [-0.15, -0.1) is 0 Å². The number of hydrogen-bond donors (Lipinski definition) is 1. The Balaban J connectivity index is 1.40. The largest absolute Gasteiger partial charge is 0.489 e. The molecule has 0 aromatic heterocycles. The van der Waals surface area contributed by atoms with Crippen LogP contribution < -0.4 is 15.0 Å². The van der Waals surface area contributed by atoms with E-state index in [4.69, 9.17) is 21.1 Å². The third kappa shape index (κ3) is 5.26. The number of morpholine rings is 1. The second-order valence-corrected chi connectivity index (χ2v) is 7.90. The molecule has 1 fully saturated rings. The van der Waals surface area contributed by atoms with Crippen LogP contribution in [-0.2, 0) is 17.9 Å². The molecule has 0 saturated carbocycles. The molecule has 0 aliphatic carbocycles. The zero-order chi connectivity index (χ0) is 20.8. The molecular weight excluding hydrogens is 396 g/mol. The molecule has 1 N–H and O–H groups in total. The minimum atomic E-state index is 0.537. The minimum absolute atomic E-state index is 0.537. The lowest BCUT2D eigenvalue weighted by molar-refractivity contribution is 0.122. The van der Waals surface area contributed by atoms with Crippen molar-refractivity contribution in [3.8, 4) is 5.75 Å². The van der Waals surface area contributed by atoms with E-state index in [-0.39, 0.29) is 0 Å². The maximum absolute atomic E-state index is 6.25. The van der Waals surface area contributed by atoms with Crippen LogP contribution >= 0.6 is 11.6 Å². The standard InChI is InChI=1S/C25H27ClN2O2/c1-19-4-2-3-5-20(19)18-30-25-11-6-22(26)16-21(25)17-27-23-7-9-24(10-8-23)28-12-14-29-15-13-28/h2-11,16,27H,12-15,17-18H2,1H3. The van der Waals surface area contributed by atoms with Gasteiger partial charge in [-0.3, -0.25) is 0 Å². The molecule has 1 aliphatic heterocycles. The lowest BCUT2D eigenvalue weighted by atomic mass is 10.1. The molecule has 1 aliphatic rings. The first-order valence-corrected chi connectivity index (χ1v) is 10.7. The fraction of sp³-hybridized carbons (Fsp3) is 0.280. The minimum Gasteiger partial charge on any atom is -0.489 e. The summed E-state index contributed by atoms with van der Waals surface area (Å²) in [4.78, 5) is 2.35. The highest BCUT2D eigenvalue weighted by molar-refractivity contribution is 6.30. The van der Waals surface area contributed by atoms with Gasteiger partial charge in [0, 0.05) is 41.6 Å². The van der Waals surface area contributed by atoms with Crippen molar-refractivity contribution >= 4 is 23.0 Å². The van der Waals surface area contributed by atoms with Crippen molar-refractivity contribution in [3.05, 3.63) is 88.4 Å². The van der Waals surface area contributed by atoms with Gasteiger partial charge in [-0.25, -0.2) is 0 Å². The van der Waals surface area contributed by atoms with E-state index in [1.165, 1.54) is 16.8 Å². The van der Waals surface area contributed by atoms with Crippen molar-refractivity contribution in [3.63, 3.8) is 0 Å². The lowest BCUT2D eigenvalue weighted by Crippen LogP contribution is -2.36. The summed E-state index contributed by atoms with van der Waals surface area (Å²) in [6, 6.07) is 22.6. The lowest BCUT2D eigenvalue weighted by Gasteiger charge is -2.29. The van der Waals surface area contributed by atoms with Crippen molar-refractivity contribution in [1.29, 1.82) is 0 Å². The number of halogens is 1. The van der Waals surface area contributed by atoms with E-state index in [0.29, 0.717) is 18.2 Å². The average molecular weight is 423 g/mol. The molecule has 0 radical (unpaired) electrons. The predicted octanol–water partition coefficient (Wildman–Crippen LogP) is 5.68. The summed E-state index contributed by atoms with van der Waals surface area (Å²) in [6.45, 7) is 6.74. The third-order valence-corrected chi connectivity index (χ3v) is 5.63. The second-order valence-electron chi connectivity index (χ2n) is 7.47. The zero-order valence-electron chi connectivity index (χ0n) is 17.2. The molecule has 5 heteroatoms. The summed E-state index contributed by atoms with van der Waals surface area (Å²) in [5, 5.41) is 4.19. The fourth-order valence-corrected chi connectivity index (χ4v) is 3.76. The van der Waals surface area contributed by atoms with Gasteiger partial charge in [0.05, 0.1) is 13.2 Å². The van der Waals surface area contributed by atoms with Gasteiger partial charge in [-0.05, 0) is 60.5 Å². The Kier molecular flexibility index (Phi) is 6.77. The summed E-state index contributed by atoms with van der Waals surface area (Å²) in [6.07, 6.45) is 0. The Morgan fingerprint density at radius 2 is 1.73 bits per heavy atom. The van der Waals surface area contributed by atoms with Gasteiger partial charge in [0.25, 0.3) is 0 Å². The molecule has 0 unspecified atom stereocenters. The zero-order valence-corrected chi connectivity index (χ0v) is 18.0. The molecule has 4 nitrogen and oxygen atoms in total. The van der Waals surface area contributed by atoms with Crippen molar-refractivity contribution < 1.29 is 9.47 Å². The van der Waals surface area contributed by atoms with E-state index in [1.807, 2.05) is 30.3 Å². The first kappa shape index (κ1) is 20.6. The van der Waals surface area contributed by atoms with Crippen LogP contribution in [0.4, 0.5) is 11.4 Å². The molecule has 0 atom stereocenters. The van der Waals surface area contributed by atoms with Crippen LogP contribution in [0.25, 0.3) is 0 Å². The van der Waals surface area contributed by atoms with Crippen LogP contribution in [0.15, 0.2) is 66.7 Å². The number of nitrogens with zero attached hydrogens (tertiary/aromatic N) is 1. The summed E-state index contributed by atoms with van der Waals surface area (Å²) in [5.41, 5.74) is 5.75. The quantitative estimate of drug-likeness (QED) is 0.531. The number of benzene rings is 3. The molecule has 3 aromatic carbocycles. The SMILES string of the molecule is Cc1ccccc1COc1ccc(Cl)cc1CNc1ccc(N2CCOCC2)cc1. The Hall–Kier alpha value is -2.69. The molecule has 0 amide bonds. The molecule has 156 valence electrons. The van der Waals surface area contributed by atoms with Crippen molar-refractivity contribution in [2.75, 3.05) is 36.5 Å². The number of ether oxygens (including phenoxy) is 2. The Bertz CT molecular complexity index is 969. The van der Waals surface area contributed by atoms with Crippen LogP contribution in [-0.4, -0.2) is 26.3 Å². The van der Waals surface area contributed by atoms with Gasteiger partial charge in [0.1, 0.15) is 12.4 Å². The van der Waals surface area contributed by atoms with Crippen molar-refractivity contribution in [1.82, 2.24) is 0 Å². The normalized spacial score (nSPS) is 13.9. The molecule has 0 bridgehead atoms. The van der Waals surface area contributed by atoms with Gasteiger partial charge < -0.3 is 19.7 Å². The smallest absolute Gasteiger partial charge is 0.124 e. The van der Waals surface area contributed by atoms with E-state index in [2.05, 4.69) is 53.5 Å². The highest BCUT2D eigenvalue weighted by Gasteiger charge is 2.11. The monoisotopic (exact) mass is 422 g/mol. The number of nitrogens with one attached hydrogen (secondary N) is 1.